The summed E-state index contributed by atoms with van der Waals surface area (Å²) in [6, 6.07) is 4.72. The summed E-state index contributed by atoms with van der Waals surface area (Å²) < 4.78 is 13.3. The Morgan fingerprint density at radius 3 is 2.95 bits per heavy atom. The molecule has 3 fully saturated rings. The number of likely N-dealkylation sites (N-methyl/N-ethyl adjacent to an activating group) is 1. The van der Waals surface area contributed by atoms with Crippen LogP contribution in [0.4, 0.5) is 4.39 Å². The minimum atomic E-state index is -0.268. The Kier molecular flexibility index (Phi) is 3.69. The van der Waals surface area contributed by atoms with Crippen molar-refractivity contribution in [1.29, 1.82) is 0 Å². The van der Waals surface area contributed by atoms with E-state index in [-0.39, 0.29) is 23.7 Å². The number of piperidine rings is 1. The second-order valence-corrected chi connectivity index (χ2v) is 6.21. The van der Waals surface area contributed by atoms with Crippen LogP contribution in [0.1, 0.15) is 18.4 Å². The summed E-state index contributed by atoms with van der Waals surface area (Å²) in [5.74, 6) is 0.0514. The summed E-state index contributed by atoms with van der Waals surface area (Å²) in [7, 11) is 1.89. The lowest BCUT2D eigenvalue weighted by Crippen LogP contribution is -2.45. The summed E-state index contributed by atoms with van der Waals surface area (Å²) in [6.07, 6.45) is 2.02. The first-order chi connectivity index (χ1) is 9.54. The van der Waals surface area contributed by atoms with Gasteiger partial charge in [-0.05, 0) is 36.6 Å². The number of carbonyl (C=O) groups is 1. The molecule has 2 bridgehead atoms. The van der Waals surface area contributed by atoms with E-state index in [9.17, 15) is 9.18 Å². The van der Waals surface area contributed by atoms with Crippen LogP contribution in [0, 0.1) is 11.7 Å². The SMILES string of the molecule is CN1C(=O)[C@H]2CC[C@@H]1CN(Cc1cc(F)ccc1Cl)C2. The third kappa shape index (κ3) is 2.54. The first kappa shape index (κ1) is 13.8. The zero-order chi connectivity index (χ0) is 14.3. The smallest absolute Gasteiger partial charge is 0.227 e. The second kappa shape index (κ2) is 5.34. The van der Waals surface area contributed by atoms with Gasteiger partial charge in [-0.25, -0.2) is 4.39 Å². The number of nitrogens with zero attached hydrogens (tertiary/aromatic N) is 2. The molecule has 4 rings (SSSR count). The van der Waals surface area contributed by atoms with Crippen LogP contribution >= 0.6 is 11.6 Å². The molecule has 3 saturated heterocycles. The maximum Gasteiger partial charge on any atom is 0.227 e. The molecule has 0 aromatic heterocycles. The Balaban J connectivity index is 1.79. The number of hydrogen-bond acceptors (Lipinski definition) is 2. The van der Waals surface area contributed by atoms with Gasteiger partial charge < -0.3 is 4.90 Å². The highest BCUT2D eigenvalue weighted by atomic mass is 35.5. The fourth-order valence-electron chi connectivity index (χ4n) is 3.28. The number of fused-ring (bicyclic) bond motifs is 4. The predicted molar refractivity (Wildman–Crippen MR) is 76.0 cm³/mol. The summed E-state index contributed by atoms with van der Waals surface area (Å²) in [5, 5.41) is 0.586. The van der Waals surface area contributed by atoms with Crippen LogP contribution in [-0.2, 0) is 11.3 Å². The van der Waals surface area contributed by atoms with Gasteiger partial charge in [0.05, 0.1) is 5.92 Å². The van der Waals surface area contributed by atoms with Crippen molar-refractivity contribution in [1.82, 2.24) is 9.80 Å². The molecule has 1 amide bonds. The molecule has 2 atom stereocenters. The van der Waals surface area contributed by atoms with Gasteiger partial charge in [-0.1, -0.05) is 11.6 Å². The van der Waals surface area contributed by atoms with Gasteiger partial charge in [0.25, 0.3) is 0 Å². The maximum absolute atomic E-state index is 13.3. The van der Waals surface area contributed by atoms with Crippen molar-refractivity contribution in [2.75, 3.05) is 20.1 Å². The van der Waals surface area contributed by atoms with Crippen molar-refractivity contribution < 1.29 is 9.18 Å². The number of benzene rings is 1. The van der Waals surface area contributed by atoms with E-state index < -0.39 is 0 Å². The highest BCUT2D eigenvalue weighted by molar-refractivity contribution is 6.31. The summed E-state index contributed by atoms with van der Waals surface area (Å²) in [6.45, 7) is 2.18. The summed E-state index contributed by atoms with van der Waals surface area (Å²) >= 11 is 6.13. The van der Waals surface area contributed by atoms with Crippen molar-refractivity contribution in [3.63, 3.8) is 0 Å². The molecule has 1 aromatic carbocycles. The minimum Gasteiger partial charge on any atom is -0.341 e. The molecule has 0 N–H and O–H groups in total. The second-order valence-electron chi connectivity index (χ2n) is 5.81. The topological polar surface area (TPSA) is 23.6 Å². The predicted octanol–water partition coefficient (Wildman–Crippen LogP) is 2.53. The Morgan fingerprint density at radius 2 is 2.15 bits per heavy atom. The molecule has 20 heavy (non-hydrogen) atoms. The Labute approximate surface area is 123 Å². The molecule has 0 spiro atoms. The number of amides is 1. The molecule has 3 aliphatic heterocycles. The van der Waals surface area contributed by atoms with Crippen molar-refractivity contribution in [2.24, 2.45) is 5.92 Å². The molecular weight excluding hydrogens is 279 g/mol. The average Bonchev–Trinajstić information content (AvgIpc) is 2.68. The molecule has 0 radical (unpaired) electrons. The van der Waals surface area contributed by atoms with Crippen LogP contribution in [0.5, 0.6) is 0 Å². The molecule has 0 saturated carbocycles. The minimum absolute atomic E-state index is 0.0751. The van der Waals surface area contributed by atoms with Crippen LogP contribution in [0.3, 0.4) is 0 Å². The normalized spacial score (nSPS) is 26.9. The van der Waals surface area contributed by atoms with E-state index in [2.05, 4.69) is 4.90 Å². The maximum atomic E-state index is 13.3. The van der Waals surface area contributed by atoms with Gasteiger partial charge in [-0.3, -0.25) is 9.69 Å². The van der Waals surface area contributed by atoms with E-state index in [1.54, 1.807) is 6.07 Å². The molecule has 3 nitrogen and oxygen atoms in total. The highest BCUT2D eigenvalue weighted by Gasteiger charge is 2.38. The van der Waals surface area contributed by atoms with Crippen LogP contribution in [-0.4, -0.2) is 41.9 Å². The van der Waals surface area contributed by atoms with Gasteiger partial charge in [-0.15, -0.1) is 0 Å². The molecule has 5 heteroatoms. The zero-order valence-corrected chi connectivity index (χ0v) is 12.2. The largest absolute Gasteiger partial charge is 0.341 e. The molecule has 0 aliphatic carbocycles. The fourth-order valence-corrected chi connectivity index (χ4v) is 3.46. The lowest BCUT2D eigenvalue weighted by Gasteiger charge is -2.32. The first-order valence-corrected chi connectivity index (χ1v) is 7.35. The zero-order valence-electron chi connectivity index (χ0n) is 11.5. The molecule has 3 aliphatic rings. The van der Waals surface area contributed by atoms with Gasteiger partial charge >= 0.3 is 0 Å². The van der Waals surface area contributed by atoms with Gasteiger partial charge in [0.15, 0.2) is 0 Å². The van der Waals surface area contributed by atoms with E-state index in [0.29, 0.717) is 11.6 Å². The monoisotopic (exact) mass is 296 g/mol. The number of carbonyl (C=O) groups excluding carboxylic acids is 1. The molecule has 3 heterocycles. The third-order valence-corrected chi connectivity index (χ3v) is 4.81. The average molecular weight is 297 g/mol. The van der Waals surface area contributed by atoms with E-state index in [0.717, 1.165) is 31.5 Å². The van der Waals surface area contributed by atoms with Gasteiger partial charge in [0.2, 0.25) is 5.91 Å². The number of rotatable bonds is 2. The van der Waals surface area contributed by atoms with Crippen LogP contribution in [0.25, 0.3) is 0 Å². The van der Waals surface area contributed by atoms with Gasteiger partial charge in [0, 0.05) is 37.7 Å². The van der Waals surface area contributed by atoms with Crippen LogP contribution < -0.4 is 0 Å². The fraction of sp³-hybridized carbons (Fsp3) is 0.533. The number of halogens is 2. The lowest BCUT2D eigenvalue weighted by molar-refractivity contribution is -0.138. The van der Waals surface area contributed by atoms with Crippen molar-refractivity contribution in [3.8, 4) is 0 Å². The number of hydrogen-bond donors (Lipinski definition) is 0. The van der Waals surface area contributed by atoms with E-state index >= 15 is 0 Å². The quantitative estimate of drug-likeness (QED) is 0.837. The molecule has 0 unspecified atom stereocenters. The van der Waals surface area contributed by atoms with Gasteiger partial charge in [-0.2, -0.15) is 0 Å². The van der Waals surface area contributed by atoms with Crippen molar-refractivity contribution in [2.45, 2.75) is 25.4 Å². The Bertz CT molecular complexity index is 537. The lowest BCUT2D eigenvalue weighted by atomic mass is 9.95. The van der Waals surface area contributed by atoms with E-state index in [4.69, 9.17) is 11.6 Å². The molecule has 1 aromatic rings. The van der Waals surface area contributed by atoms with E-state index in [1.807, 2.05) is 11.9 Å². The van der Waals surface area contributed by atoms with Crippen LogP contribution in [0.2, 0.25) is 5.02 Å². The third-order valence-electron chi connectivity index (χ3n) is 4.44. The van der Waals surface area contributed by atoms with Crippen LogP contribution in [0.15, 0.2) is 18.2 Å². The highest BCUT2D eigenvalue weighted by Crippen LogP contribution is 2.29. The summed E-state index contributed by atoms with van der Waals surface area (Å²) in [5.41, 5.74) is 0.795. The Morgan fingerprint density at radius 1 is 1.35 bits per heavy atom. The Hall–Kier alpha value is -1.13. The summed E-state index contributed by atoms with van der Waals surface area (Å²) in [4.78, 5) is 16.2. The van der Waals surface area contributed by atoms with Crippen molar-refractivity contribution in [3.05, 3.63) is 34.6 Å². The first-order valence-electron chi connectivity index (χ1n) is 6.97. The van der Waals surface area contributed by atoms with Gasteiger partial charge in [0.1, 0.15) is 5.82 Å². The van der Waals surface area contributed by atoms with E-state index in [1.165, 1.54) is 12.1 Å². The molecular formula is C15H18ClFN2O. The molecule has 108 valence electrons. The standard InChI is InChI=1S/C15H18ClFN2O/c1-18-13-4-2-10(15(18)20)7-19(9-13)8-11-6-12(17)3-5-14(11)16/h3,5-6,10,13H,2,4,7-9H2,1H3/t10-,13+/m0/s1. The van der Waals surface area contributed by atoms with Crippen molar-refractivity contribution >= 4 is 17.5 Å².